The zero-order chi connectivity index (χ0) is 20.0. The number of rotatable bonds is 6. The largest absolute Gasteiger partial charge is 0.455 e. The van der Waals surface area contributed by atoms with E-state index in [1.165, 1.54) is 11.8 Å². The number of nitrogens with one attached hydrogen (secondary N) is 1. The van der Waals surface area contributed by atoms with Crippen LogP contribution in [0.3, 0.4) is 0 Å². The number of carbonyl (C=O) groups is 2. The number of aryl methyl sites for hydroxylation is 1. The minimum atomic E-state index is -0.816. The summed E-state index contributed by atoms with van der Waals surface area (Å²) in [4.78, 5) is 28.6. The molecule has 2 aromatic rings. The van der Waals surface area contributed by atoms with E-state index in [2.05, 4.69) is 16.4 Å². The zero-order valence-corrected chi connectivity index (χ0v) is 16.7. The third-order valence-electron chi connectivity index (χ3n) is 4.90. The lowest BCUT2D eigenvalue weighted by Crippen LogP contribution is -2.50. The van der Waals surface area contributed by atoms with Gasteiger partial charge in [0.2, 0.25) is 0 Å². The lowest BCUT2D eigenvalue weighted by atomic mass is 9.83. The molecule has 1 N–H and O–H groups in total. The Bertz CT molecular complexity index is 917. The molecule has 1 heterocycles. The van der Waals surface area contributed by atoms with E-state index in [-0.39, 0.29) is 12.4 Å². The van der Waals surface area contributed by atoms with Crippen LogP contribution in [0.15, 0.2) is 35.4 Å². The van der Waals surface area contributed by atoms with E-state index in [0.717, 1.165) is 40.8 Å². The van der Waals surface area contributed by atoms with E-state index in [9.17, 15) is 14.9 Å². The van der Waals surface area contributed by atoms with Crippen molar-refractivity contribution in [2.45, 2.75) is 49.6 Å². The van der Waals surface area contributed by atoms with Crippen molar-refractivity contribution in [1.29, 1.82) is 5.26 Å². The van der Waals surface area contributed by atoms with Crippen LogP contribution in [-0.2, 0) is 14.3 Å². The molecule has 0 spiro atoms. The van der Waals surface area contributed by atoms with Crippen molar-refractivity contribution in [2.75, 3.05) is 12.4 Å². The molecule has 1 aromatic heterocycles. The second kappa shape index (κ2) is 9.07. The molecule has 0 atom stereocenters. The van der Waals surface area contributed by atoms with Crippen LogP contribution in [0.2, 0.25) is 0 Å². The average Bonchev–Trinajstić information content (AvgIpc) is 2.71. The first-order valence-electron chi connectivity index (χ1n) is 9.38. The molecule has 0 radical (unpaired) electrons. The Balaban J connectivity index is 1.48. The third kappa shape index (κ3) is 5.02. The number of hydrogen-bond acceptors (Lipinski definition) is 6. The number of ether oxygens (including phenoxy) is 1. The second-order valence-electron chi connectivity index (χ2n) is 7.05. The number of amides is 1. The molecule has 28 heavy (non-hydrogen) atoms. The number of esters is 1. The Labute approximate surface area is 168 Å². The van der Waals surface area contributed by atoms with E-state index in [1.807, 2.05) is 37.3 Å². The molecule has 7 heteroatoms. The molecule has 1 aliphatic rings. The molecule has 1 fully saturated rings. The van der Waals surface area contributed by atoms with E-state index in [4.69, 9.17) is 4.74 Å². The number of aromatic nitrogens is 1. The smallest absolute Gasteiger partial charge is 0.316 e. The Morgan fingerprint density at radius 3 is 2.79 bits per heavy atom. The molecule has 1 amide bonds. The Hall–Kier alpha value is -2.59. The number of nitriles is 1. The fourth-order valence-electron chi connectivity index (χ4n) is 3.44. The first-order valence-corrected chi connectivity index (χ1v) is 10.4. The molecule has 146 valence electrons. The number of fused-ring (bicyclic) bond motifs is 1. The van der Waals surface area contributed by atoms with Gasteiger partial charge in [0.25, 0.3) is 5.91 Å². The molecular formula is C21H23N3O3S. The number of thioether (sulfide) groups is 1. The highest BCUT2D eigenvalue weighted by molar-refractivity contribution is 7.99. The van der Waals surface area contributed by atoms with Gasteiger partial charge >= 0.3 is 5.97 Å². The van der Waals surface area contributed by atoms with Crippen LogP contribution in [-0.4, -0.2) is 34.8 Å². The van der Waals surface area contributed by atoms with Gasteiger partial charge in [-0.3, -0.25) is 9.59 Å². The minimum Gasteiger partial charge on any atom is -0.455 e. The van der Waals surface area contributed by atoms with Crippen LogP contribution in [0, 0.1) is 18.3 Å². The summed E-state index contributed by atoms with van der Waals surface area (Å²) in [5, 5.41) is 14.0. The highest BCUT2D eigenvalue weighted by Crippen LogP contribution is 2.27. The van der Waals surface area contributed by atoms with Gasteiger partial charge in [-0.2, -0.15) is 5.26 Å². The highest BCUT2D eigenvalue weighted by atomic mass is 32.2. The lowest BCUT2D eigenvalue weighted by molar-refractivity contribution is -0.146. The fraction of sp³-hybridized carbons (Fsp3) is 0.429. The average molecular weight is 398 g/mol. The number of benzene rings is 1. The van der Waals surface area contributed by atoms with Crippen LogP contribution in [0.1, 0.15) is 37.7 Å². The van der Waals surface area contributed by atoms with Crippen molar-refractivity contribution in [2.24, 2.45) is 0 Å². The maximum absolute atomic E-state index is 12.1. The van der Waals surface area contributed by atoms with Gasteiger partial charge in [-0.05, 0) is 37.5 Å². The predicted octanol–water partition coefficient (Wildman–Crippen LogP) is 3.52. The second-order valence-corrected chi connectivity index (χ2v) is 8.04. The van der Waals surface area contributed by atoms with Crippen molar-refractivity contribution in [1.82, 2.24) is 10.3 Å². The molecule has 1 aliphatic carbocycles. The van der Waals surface area contributed by atoms with Gasteiger partial charge in [0.05, 0.1) is 22.4 Å². The molecule has 1 aromatic carbocycles. The number of hydrogen-bond donors (Lipinski definition) is 1. The number of para-hydroxylation sites is 1. The standard InChI is InChI=1S/C21H23N3O3S/c1-15-11-19(23-17-8-4-3-7-16(15)17)28-13-20(26)27-12-18(25)24-21(14-22)9-5-2-6-10-21/h3-4,7-8,11H,2,5-6,9-10,12-13H2,1H3,(H,24,25). The molecule has 6 nitrogen and oxygen atoms in total. The van der Waals surface area contributed by atoms with Crippen molar-refractivity contribution in [3.63, 3.8) is 0 Å². The van der Waals surface area contributed by atoms with Crippen molar-refractivity contribution >= 4 is 34.5 Å². The summed E-state index contributed by atoms with van der Waals surface area (Å²) in [6.07, 6.45) is 4.21. The van der Waals surface area contributed by atoms with E-state index in [1.54, 1.807) is 0 Å². The van der Waals surface area contributed by atoms with Gasteiger partial charge in [-0.25, -0.2) is 4.98 Å². The summed E-state index contributed by atoms with van der Waals surface area (Å²) in [5.74, 6) is -0.842. The van der Waals surface area contributed by atoms with Gasteiger partial charge in [-0.1, -0.05) is 49.2 Å². The van der Waals surface area contributed by atoms with E-state index >= 15 is 0 Å². The van der Waals surface area contributed by atoms with Crippen LogP contribution in [0.5, 0.6) is 0 Å². The highest BCUT2D eigenvalue weighted by Gasteiger charge is 2.33. The maximum atomic E-state index is 12.1. The van der Waals surface area contributed by atoms with Gasteiger partial charge in [-0.15, -0.1) is 0 Å². The Kier molecular flexibility index (Phi) is 6.53. The molecule has 0 bridgehead atoms. The van der Waals surface area contributed by atoms with Gasteiger partial charge in [0.1, 0.15) is 5.54 Å². The van der Waals surface area contributed by atoms with Gasteiger partial charge < -0.3 is 10.1 Å². The molecule has 0 unspecified atom stereocenters. The topological polar surface area (TPSA) is 92.1 Å². The van der Waals surface area contributed by atoms with E-state index in [0.29, 0.717) is 12.8 Å². The fourth-order valence-corrected chi connectivity index (χ4v) is 4.21. The molecule has 0 aliphatic heterocycles. The molecular weight excluding hydrogens is 374 g/mol. The van der Waals surface area contributed by atoms with Crippen molar-refractivity contribution < 1.29 is 14.3 Å². The van der Waals surface area contributed by atoms with Crippen LogP contribution in [0.25, 0.3) is 10.9 Å². The Morgan fingerprint density at radius 1 is 1.29 bits per heavy atom. The first kappa shape index (κ1) is 20.2. The minimum absolute atomic E-state index is 0.0709. The summed E-state index contributed by atoms with van der Waals surface area (Å²) in [6, 6.07) is 12.0. The van der Waals surface area contributed by atoms with Crippen molar-refractivity contribution in [3.05, 3.63) is 35.9 Å². The Morgan fingerprint density at radius 2 is 2.04 bits per heavy atom. The number of carbonyl (C=O) groups excluding carboxylic acids is 2. The lowest BCUT2D eigenvalue weighted by Gasteiger charge is -2.31. The predicted molar refractivity (Wildman–Crippen MR) is 108 cm³/mol. The van der Waals surface area contributed by atoms with Gasteiger partial charge in [0.15, 0.2) is 6.61 Å². The quantitative estimate of drug-likeness (QED) is 0.592. The van der Waals surface area contributed by atoms with Crippen LogP contribution in [0.4, 0.5) is 0 Å². The van der Waals surface area contributed by atoms with Gasteiger partial charge in [0, 0.05) is 5.39 Å². The van der Waals surface area contributed by atoms with Crippen LogP contribution >= 0.6 is 11.8 Å². The number of nitrogens with zero attached hydrogens (tertiary/aromatic N) is 2. The monoisotopic (exact) mass is 397 g/mol. The van der Waals surface area contributed by atoms with E-state index < -0.39 is 17.4 Å². The summed E-state index contributed by atoms with van der Waals surface area (Å²) < 4.78 is 5.07. The van der Waals surface area contributed by atoms with Crippen molar-refractivity contribution in [3.8, 4) is 6.07 Å². The van der Waals surface area contributed by atoms with Crippen LogP contribution < -0.4 is 5.32 Å². The first-order chi connectivity index (χ1) is 13.5. The summed E-state index contributed by atoms with van der Waals surface area (Å²) in [5.41, 5.74) is 1.16. The summed E-state index contributed by atoms with van der Waals surface area (Å²) in [7, 11) is 0. The SMILES string of the molecule is Cc1cc(SCC(=O)OCC(=O)NC2(C#N)CCCCC2)nc2ccccc12. The third-order valence-corrected chi connectivity index (χ3v) is 5.79. The molecule has 0 saturated heterocycles. The summed E-state index contributed by atoms with van der Waals surface area (Å²) >= 11 is 1.28. The zero-order valence-electron chi connectivity index (χ0n) is 15.9. The normalized spacial score (nSPS) is 15.6. The molecule has 1 saturated carbocycles. The number of pyridine rings is 1. The molecule has 3 rings (SSSR count). The maximum Gasteiger partial charge on any atom is 0.316 e. The summed E-state index contributed by atoms with van der Waals surface area (Å²) in [6.45, 7) is 1.64.